The molecule has 0 spiro atoms. The minimum atomic E-state index is 0.105. The predicted molar refractivity (Wildman–Crippen MR) is 73.3 cm³/mol. The fraction of sp³-hybridized carbons (Fsp3) is 0.600. The van der Waals surface area contributed by atoms with Crippen molar-refractivity contribution in [3.63, 3.8) is 0 Å². The molecular weight excluding hydrogens is 238 g/mol. The number of aromatic nitrogens is 1. The van der Waals surface area contributed by atoms with Crippen LogP contribution in [0.15, 0.2) is 12.3 Å². The third-order valence-electron chi connectivity index (χ3n) is 4.35. The number of anilines is 1. The zero-order chi connectivity index (χ0) is 13.4. The second kappa shape index (κ2) is 4.73. The first-order chi connectivity index (χ1) is 9.24. The first-order valence-corrected chi connectivity index (χ1v) is 7.02. The minimum Gasteiger partial charge on any atom is -0.487 e. The van der Waals surface area contributed by atoms with Crippen molar-refractivity contribution in [1.29, 1.82) is 5.26 Å². The van der Waals surface area contributed by atoms with Crippen LogP contribution in [0.1, 0.15) is 38.2 Å². The van der Waals surface area contributed by atoms with Crippen LogP contribution in [0, 0.1) is 17.2 Å². The lowest BCUT2D eigenvalue weighted by molar-refractivity contribution is 0.264. The average Bonchev–Trinajstić information content (AvgIpc) is 2.89. The Labute approximate surface area is 114 Å². The third kappa shape index (κ3) is 1.94. The maximum atomic E-state index is 9.10. The van der Waals surface area contributed by atoms with Crippen LogP contribution in [-0.2, 0) is 0 Å². The molecule has 1 aromatic heterocycles. The van der Waals surface area contributed by atoms with Gasteiger partial charge in [-0.2, -0.15) is 5.26 Å². The Morgan fingerprint density at radius 2 is 2.47 bits per heavy atom. The zero-order valence-electron chi connectivity index (χ0n) is 11.5. The van der Waals surface area contributed by atoms with Gasteiger partial charge in [0.15, 0.2) is 11.6 Å². The molecule has 3 unspecified atom stereocenters. The fourth-order valence-electron chi connectivity index (χ4n) is 3.02. The number of nitriles is 1. The van der Waals surface area contributed by atoms with E-state index in [1.807, 2.05) is 6.20 Å². The Balaban J connectivity index is 1.99. The minimum absolute atomic E-state index is 0.105. The second-order valence-corrected chi connectivity index (χ2v) is 5.54. The molecule has 3 rings (SSSR count). The van der Waals surface area contributed by atoms with Gasteiger partial charge in [-0.25, -0.2) is 4.98 Å². The molecule has 1 aromatic rings. The van der Waals surface area contributed by atoms with Crippen molar-refractivity contribution in [2.75, 3.05) is 18.1 Å². The SMILES string of the molecule is CCC(C)c1ccnc2c1OCC1CC(C#N)CN21. The zero-order valence-corrected chi connectivity index (χ0v) is 11.5. The Hall–Kier alpha value is -1.76. The summed E-state index contributed by atoms with van der Waals surface area (Å²) in [6, 6.07) is 4.75. The van der Waals surface area contributed by atoms with Crippen molar-refractivity contribution in [3.8, 4) is 11.8 Å². The molecule has 2 aliphatic heterocycles. The molecule has 100 valence electrons. The van der Waals surface area contributed by atoms with Gasteiger partial charge in [-0.1, -0.05) is 13.8 Å². The highest BCUT2D eigenvalue weighted by Gasteiger charge is 2.38. The van der Waals surface area contributed by atoms with Gasteiger partial charge in [0.25, 0.3) is 0 Å². The van der Waals surface area contributed by atoms with Gasteiger partial charge < -0.3 is 9.64 Å². The Bertz CT molecular complexity index is 523. The monoisotopic (exact) mass is 257 g/mol. The van der Waals surface area contributed by atoms with Crippen molar-refractivity contribution in [2.45, 2.75) is 38.6 Å². The van der Waals surface area contributed by atoms with E-state index in [0.29, 0.717) is 18.6 Å². The first kappa shape index (κ1) is 12.3. The van der Waals surface area contributed by atoms with E-state index in [1.165, 1.54) is 5.56 Å². The van der Waals surface area contributed by atoms with Gasteiger partial charge in [-0.15, -0.1) is 0 Å². The van der Waals surface area contributed by atoms with Gasteiger partial charge in [0.05, 0.1) is 18.0 Å². The van der Waals surface area contributed by atoms with E-state index >= 15 is 0 Å². The van der Waals surface area contributed by atoms with E-state index in [2.05, 4.69) is 35.9 Å². The van der Waals surface area contributed by atoms with Crippen LogP contribution in [0.4, 0.5) is 5.82 Å². The van der Waals surface area contributed by atoms with E-state index in [4.69, 9.17) is 10.00 Å². The second-order valence-electron chi connectivity index (χ2n) is 5.54. The molecular formula is C15H19N3O. The molecule has 0 N–H and O–H groups in total. The van der Waals surface area contributed by atoms with Crippen molar-refractivity contribution < 1.29 is 4.74 Å². The third-order valence-corrected chi connectivity index (χ3v) is 4.35. The van der Waals surface area contributed by atoms with Crippen LogP contribution in [0.3, 0.4) is 0 Å². The molecule has 0 bridgehead atoms. The van der Waals surface area contributed by atoms with Crippen LogP contribution >= 0.6 is 0 Å². The summed E-state index contributed by atoms with van der Waals surface area (Å²) < 4.78 is 5.97. The number of fused-ring (bicyclic) bond motifs is 3. The largest absolute Gasteiger partial charge is 0.487 e. The van der Waals surface area contributed by atoms with Crippen LogP contribution in [0.5, 0.6) is 5.75 Å². The molecule has 19 heavy (non-hydrogen) atoms. The van der Waals surface area contributed by atoms with Gasteiger partial charge in [0.2, 0.25) is 0 Å². The summed E-state index contributed by atoms with van der Waals surface area (Å²) in [5.74, 6) is 2.45. The maximum absolute atomic E-state index is 9.10. The molecule has 0 aliphatic carbocycles. The molecule has 1 fully saturated rings. The number of rotatable bonds is 2. The molecule has 0 radical (unpaired) electrons. The molecule has 3 atom stereocenters. The van der Waals surface area contributed by atoms with Gasteiger partial charge in [0.1, 0.15) is 6.61 Å². The topological polar surface area (TPSA) is 49.1 Å². The van der Waals surface area contributed by atoms with Crippen LogP contribution in [0.25, 0.3) is 0 Å². The van der Waals surface area contributed by atoms with E-state index in [9.17, 15) is 0 Å². The highest BCUT2D eigenvalue weighted by atomic mass is 16.5. The normalized spacial score (nSPS) is 26.1. The molecule has 0 amide bonds. The van der Waals surface area contributed by atoms with Crippen LogP contribution in [0.2, 0.25) is 0 Å². The Morgan fingerprint density at radius 3 is 3.21 bits per heavy atom. The lowest BCUT2D eigenvalue weighted by Crippen LogP contribution is -2.39. The number of hydrogen-bond acceptors (Lipinski definition) is 4. The van der Waals surface area contributed by atoms with Gasteiger partial charge >= 0.3 is 0 Å². The summed E-state index contributed by atoms with van der Waals surface area (Å²) in [6.07, 6.45) is 3.85. The predicted octanol–water partition coefficient (Wildman–Crippen LogP) is 2.71. The summed E-state index contributed by atoms with van der Waals surface area (Å²) >= 11 is 0. The smallest absolute Gasteiger partial charge is 0.172 e. The Morgan fingerprint density at radius 1 is 1.63 bits per heavy atom. The van der Waals surface area contributed by atoms with Gasteiger partial charge in [-0.3, -0.25) is 0 Å². The average molecular weight is 257 g/mol. The summed E-state index contributed by atoms with van der Waals surface area (Å²) in [6.45, 7) is 5.87. The molecule has 0 aromatic carbocycles. The van der Waals surface area contributed by atoms with Crippen molar-refractivity contribution in [2.24, 2.45) is 5.92 Å². The lowest BCUT2D eigenvalue weighted by atomic mass is 9.98. The summed E-state index contributed by atoms with van der Waals surface area (Å²) in [5.41, 5.74) is 1.24. The van der Waals surface area contributed by atoms with E-state index < -0.39 is 0 Å². The van der Waals surface area contributed by atoms with Crippen molar-refractivity contribution in [3.05, 3.63) is 17.8 Å². The maximum Gasteiger partial charge on any atom is 0.172 e. The first-order valence-electron chi connectivity index (χ1n) is 7.02. The van der Waals surface area contributed by atoms with E-state index in [1.54, 1.807) is 0 Å². The summed E-state index contributed by atoms with van der Waals surface area (Å²) in [5, 5.41) is 9.10. The van der Waals surface area contributed by atoms with Crippen LogP contribution < -0.4 is 9.64 Å². The fourth-order valence-corrected chi connectivity index (χ4v) is 3.02. The van der Waals surface area contributed by atoms with E-state index in [-0.39, 0.29) is 5.92 Å². The number of nitrogens with zero attached hydrogens (tertiary/aromatic N) is 3. The molecule has 2 aliphatic rings. The highest BCUT2D eigenvalue weighted by Crippen LogP contribution is 2.42. The lowest BCUT2D eigenvalue weighted by Gasteiger charge is -2.33. The number of hydrogen-bond donors (Lipinski definition) is 0. The van der Waals surface area contributed by atoms with E-state index in [0.717, 1.165) is 31.0 Å². The van der Waals surface area contributed by atoms with Crippen molar-refractivity contribution in [1.82, 2.24) is 4.98 Å². The van der Waals surface area contributed by atoms with Gasteiger partial charge in [-0.05, 0) is 24.8 Å². The highest BCUT2D eigenvalue weighted by molar-refractivity contribution is 5.60. The quantitative estimate of drug-likeness (QED) is 0.817. The Kier molecular flexibility index (Phi) is 3.06. The van der Waals surface area contributed by atoms with Gasteiger partial charge in [0, 0.05) is 18.3 Å². The number of pyridine rings is 1. The molecule has 4 nitrogen and oxygen atoms in total. The van der Waals surface area contributed by atoms with Crippen LogP contribution in [-0.4, -0.2) is 24.2 Å². The molecule has 4 heteroatoms. The molecule has 1 saturated heterocycles. The summed E-state index contributed by atoms with van der Waals surface area (Å²) in [7, 11) is 0. The molecule has 0 saturated carbocycles. The number of ether oxygens (including phenoxy) is 1. The summed E-state index contributed by atoms with van der Waals surface area (Å²) in [4.78, 5) is 6.76. The molecule has 3 heterocycles. The van der Waals surface area contributed by atoms with Crippen molar-refractivity contribution >= 4 is 5.82 Å². The standard InChI is InChI=1S/C15H19N3O/c1-3-10(2)13-4-5-17-15-14(13)19-9-12-6-11(7-16)8-18(12)15/h4-5,10-12H,3,6,8-9H2,1-2H3.